The van der Waals surface area contributed by atoms with Gasteiger partial charge in [-0.3, -0.25) is 0 Å². The Labute approximate surface area is 143 Å². The van der Waals surface area contributed by atoms with E-state index in [1.54, 1.807) is 18.3 Å². The Kier molecular flexibility index (Phi) is 3.59. The van der Waals surface area contributed by atoms with Crippen LogP contribution in [0.15, 0.2) is 59.6 Å². The maximum atomic E-state index is 11.9. The summed E-state index contributed by atoms with van der Waals surface area (Å²) >= 11 is 0. The van der Waals surface area contributed by atoms with Crippen molar-refractivity contribution < 1.29 is 8.42 Å². The first-order valence-electron chi connectivity index (χ1n) is 7.48. The number of hydrogen-bond donors (Lipinski definition) is 2. The molecule has 2 aromatic heterocycles. The highest BCUT2D eigenvalue weighted by Crippen LogP contribution is 2.21. The molecule has 0 atom stereocenters. The van der Waals surface area contributed by atoms with Gasteiger partial charge in [0.05, 0.1) is 27.8 Å². The third-order valence-corrected chi connectivity index (χ3v) is 5.17. The molecule has 0 bridgehead atoms. The summed E-state index contributed by atoms with van der Waals surface area (Å²) in [5.74, 6) is 0.524. The molecule has 0 aliphatic carbocycles. The van der Waals surface area contributed by atoms with Crippen molar-refractivity contribution in [2.45, 2.75) is 4.90 Å². The number of imidazole rings is 1. The van der Waals surface area contributed by atoms with Crippen LogP contribution in [0, 0.1) is 0 Å². The van der Waals surface area contributed by atoms with E-state index in [1.807, 2.05) is 30.3 Å². The predicted molar refractivity (Wildman–Crippen MR) is 92.7 cm³/mol. The number of H-pyrrole nitrogens is 1. The van der Waals surface area contributed by atoms with Gasteiger partial charge in [0.15, 0.2) is 5.82 Å². The Balaban J connectivity index is 1.74. The van der Waals surface area contributed by atoms with Crippen LogP contribution in [0.4, 0.5) is 0 Å². The van der Waals surface area contributed by atoms with Crippen molar-refractivity contribution >= 4 is 21.1 Å². The van der Waals surface area contributed by atoms with E-state index in [9.17, 15) is 8.42 Å². The van der Waals surface area contributed by atoms with Gasteiger partial charge >= 0.3 is 0 Å². The molecule has 0 unspecified atom stereocenters. The van der Waals surface area contributed by atoms with E-state index in [-0.39, 0.29) is 4.90 Å². The normalized spacial score (nSPS) is 11.9. The summed E-state index contributed by atoms with van der Waals surface area (Å²) in [6.45, 7) is 0. The quantitative estimate of drug-likeness (QED) is 0.580. The van der Waals surface area contributed by atoms with Crippen LogP contribution in [0.3, 0.4) is 0 Å². The van der Waals surface area contributed by atoms with Crippen LogP contribution in [0.5, 0.6) is 0 Å². The molecule has 2 heterocycles. The van der Waals surface area contributed by atoms with E-state index in [4.69, 9.17) is 0 Å². The number of aromatic amines is 1. The Bertz CT molecular complexity index is 1150. The molecule has 4 aromatic rings. The highest BCUT2D eigenvalue weighted by atomic mass is 32.2. The molecule has 0 amide bonds. The van der Waals surface area contributed by atoms with Gasteiger partial charge in [0.2, 0.25) is 10.0 Å². The number of nitrogens with zero attached hydrogens (tertiary/aromatic N) is 4. The molecule has 25 heavy (non-hydrogen) atoms. The van der Waals surface area contributed by atoms with Crippen molar-refractivity contribution in [3.63, 3.8) is 0 Å². The van der Waals surface area contributed by atoms with Crippen molar-refractivity contribution in [3.05, 3.63) is 54.7 Å². The molecule has 0 radical (unpaired) electrons. The number of nitrogens with one attached hydrogen (secondary N) is 2. The van der Waals surface area contributed by atoms with E-state index in [0.717, 1.165) is 5.69 Å². The first-order valence-corrected chi connectivity index (χ1v) is 8.96. The minimum atomic E-state index is -3.51. The minimum Gasteiger partial charge on any atom is -0.336 e. The highest BCUT2D eigenvalue weighted by molar-refractivity contribution is 7.89. The molecule has 0 aliphatic heterocycles. The number of para-hydroxylation sites is 1. The fraction of sp³-hybridized carbons (Fsp3) is 0.0625. The average molecular weight is 354 g/mol. The SMILES string of the molecule is CNS(=O)(=O)c1ccc2nc(-c3cnn(-c4ccccc4)n3)[nH]c2c1. The maximum absolute atomic E-state index is 11.9. The van der Waals surface area contributed by atoms with Crippen LogP contribution in [-0.2, 0) is 10.0 Å². The lowest BCUT2D eigenvalue weighted by Gasteiger charge is -2.01. The van der Waals surface area contributed by atoms with Crippen molar-refractivity contribution in [3.8, 4) is 17.2 Å². The Morgan fingerprint density at radius 3 is 2.68 bits per heavy atom. The fourth-order valence-electron chi connectivity index (χ4n) is 2.45. The Hall–Kier alpha value is -3.04. The van der Waals surface area contributed by atoms with Gasteiger partial charge < -0.3 is 4.98 Å². The average Bonchev–Trinajstić information content (AvgIpc) is 3.28. The largest absolute Gasteiger partial charge is 0.336 e. The number of sulfonamides is 1. The van der Waals surface area contributed by atoms with E-state index < -0.39 is 10.0 Å². The monoisotopic (exact) mass is 354 g/mol. The van der Waals surface area contributed by atoms with E-state index in [0.29, 0.717) is 22.6 Å². The lowest BCUT2D eigenvalue weighted by atomic mass is 10.3. The zero-order valence-electron chi connectivity index (χ0n) is 13.2. The maximum Gasteiger partial charge on any atom is 0.240 e. The number of aromatic nitrogens is 5. The summed E-state index contributed by atoms with van der Waals surface area (Å²) in [6.07, 6.45) is 1.61. The molecule has 0 spiro atoms. The second kappa shape index (κ2) is 5.80. The highest BCUT2D eigenvalue weighted by Gasteiger charge is 2.15. The number of rotatable bonds is 4. The molecular formula is C16H14N6O2S. The van der Waals surface area contributed by atoms with Crippen LogP contribution in [0.1, 0.15) is 0 Å². The summed E-state index contributed by atoms with van der Waals surface area (Å²) in [5, 5.41) is 8.66. The van der Waals surface area contributed by atoms with Crippen molar-refractivity contribution in [2.75, 3.05) is 7.05 Å². The molecule has 8 nitrogen and oxygen atoms in total. The first-order chi connectivity index (χ1) is 12.1. The Morgan fingerprint density at radius 2 is 1.92 bits per heavy atom. The zero-order valence-corrected chi connectivity index (χ0v) is 14.0. The molecule has 0 aliphatic rings. The van der Waals surface area contributed by atoms with Crippen molar-refractivity contribution in [2.24, 2.45) is 0 Å². The molecule has 0 fully saturated rings. The van der Waals surface area contributed by atoms with Crippen molar-refractivity contribution in [1.29, 1.82) is 0 Å². The molecule has 0 saturated heterocycles. The van der Waals surface area contributed by atoms with Gasteiger partial charge in [-0.15, -0.1) is 5.10 Å². The van der Waals surface area contributed by atoms with E-state index in [1.165, 1.54) is 17.9 Å². The molecule has 0 saturated carbocycles. The molecule has 4 rings (SSSR count). The predicted octanol–water partition coefficient (Wildman–Crippen LogP) is 1.72. The summed E-state index contributed by atoms with van der Waals surface area (Å²) in [5.41, 5.74) is 2.67. The second-order valence-electron chi connectivity index (χ2n) is 5.33. The van der Waals surface area contributed by atoms with Crippen LogP contribution < -0.4 is 4.72 Å². The standard InChI is InChI=1S/C16H14N6O2S/c1-17-25(23,24)12-7-8-13-14(9-12)20-16(19-13)15-10-18-22(21-15)11-5-3-2-4-6-11/h2-10,17H,1H3,(H,19,20). The second-order valence-corrected chi connectivity index (χ2v) is 7.21. The van der Waals surface area contributed by atoms with Crippen LogP contribution >= 0.6 is 0 Å². The lowest BCUT2D eigenvalue weighted by Crippen LogP contribution is -2.18. The van der Waals surface area contributed by atoms with Gasteiger partial charge in [0, 0.05) is 0 Å². The number of benzene rings is 2. The third kappa shape index (κ3) is 2.79. The molecule has 2 aromatic carbocycles. The molecule has 2 N–H and O–H groups in total. The Morgan fingerprint density at radius 1 is 1.12 bits per heavy atom. The number of fused-ring (bicyclic) bond motifs is 1. The van der Waals surface area contributed by atoms with Gasteiger partial charge in [-0.1, -0.05) is 18.2 Å². The summed E-state index contributed by atoms with van der Waals surface area (Å²) in [7, 11) is -2.13. The fourth-order valence-corrected chi connectivity index (χ4v) is 3.21. The molecular weight excluding hydrogens is 340 g/mol. The van der Waals surface area contributed by atoms with Gasteiger partial charge in [-0.2, -0.15) is 9.90 Å². The summed E-state index contributed by atoms with van der Waals surface area (Å²) in [4.78, 5) is 9.23. The minimum absolute atomic E-state index is 0.172. The van der Waals surface area contributed by atoms with Crippen LogP contribution in [-0.4, -0.2) is 40.4 Å². The van der Waals surface area contributed by atoms with Crippen LogP contribution in [0.2, 0.25) is 0 Å². The van der Waals surface area contributed by atoms with Crippen molar-refractivity contribution in [1.82, 2.24) is 29.7 Å². The lowest BCUT2D eigenvalue weighted by molar-refractivity contribution is 0.588. The third-order valence-electron chi connectivity index (χ3n) is 3.75. The number of hydrogen-bond acceptors (Lipinski definition) is 5. The van der Waals surface area contributed by atoms with E-state index >= 15 is 0 Å². The van der Waals surface area contributed by atoms with Gasteiger partial charge in [0.1, 0.15) is 5.69 Å². The van der Waals surface area contributed by atoms with E-state index in [2.05, 4.69) is 24.9 Å². The summed E-state index contributed by atoms with van der Waals surface area (Å²) < 4.78 is 26.1. The smallest absolute Gasteiger partial charge is 0.240 e. The first kappa shape index (κ1) is 15.5. The van der Waals surface area contributed by atoms with Crippen LogP contribution in [0.25, 0.3) is 28.2 Å². The summed E-state index contributed by atoms with van der Waals surface area (Å²) in [6, 6.07) is 14.2. The zero-order chi connectivity index (χ0) is 17.4. The molecule has 126 valence electrons. The topological polar surface area (TPSA) is 106 Å². The van der Waals surface area contributed by atoms with Gasteiger partial charge in [-0.25, -0.2) is 18.1 Å². The van der Waals surface area contributed by atoms with Gasteiger partial charge in [-0.05, 0) is 37.4 Å². The van der Waals surface area contributed by atoms with Gasteiger partial charge in [0.25, 0.3) is 0 Å². The molecule has 9 heteroatoms.